The lowest BCUT2D eigenvalue weighted by Gasteiger charge is -2.43. The maximum absolute atomic E-state index is 13.8. The standard InChI is InChI=1S/C54H63N11O6/c55-49-47-48(37-11-14-42(15-12-37)71-41-9-2-1-3-10-41)59-65(50(47)57-34-56-49)40-8-5-25-63(33-40)38-23-30-62(31-24-38)54(70)61-28-21-36(22-29-61)7-4-6-35-19-26-60(27-20-35)39-13-16-43-44(32-39)53(69)64(52(43)68)45-17-18-46(66)58-51(45)67/h1-3,9-16,32,34-36,38,40,45H,4-8,17-31,33H2,(H2,55,56,57)(H,58,66,67)/t40-,45?/m1/s1. The molecule has 0 spiro atoms. The molecule has 8 heterocycles. The van der Waals surface area contributed by atoms with Gasteiger partial charge in [-0.25, -0.2) is 19.4 Å². The van der Waals surface area contributed by atoms with Crippen LogP contribution in [0.2, 0.25) is 0 Å². The summed E-state index contributed by atoms with van der Waals surface area (Å²) in [5.41, 5.74) is 10.5. The van der Waals surface area contributed by atoms with Crippen molar-refractivity contribution in [2.45, 2.75) is 102 Å². The number of likely N-dealkylation sites (tertiary alicyclic amines) is 3. The first kappa shape index (κ1) is 46.5. The third-order valence-corrected chi connectivity index (χ3v) is 16.2. The number of carbonyl (C=O) groups excluding carboxylic acids is 5. The van der Waals surface area contributed by atoms with Gasteiger partial charge < -0.3 is 25.2 Å². The number of piperidine rings is 5. The van der Waals surface area contributed by atoms with Gasteiger partial charge in [-0.3, -0.25) is 34.3 Å². The Hall–Kier alpha value is -6.88. The van der Waals surface area contributed by atoms with Crippen molar-refractivity contribution in [1.82, 2.24) is 44.7 Å². The highest BCUT2D eigenvalue weighted by atomic mass is 16.5. The molecule has 17 heteroatoms. The number of fused-ring (bicyclic) bond motifs is 2. The third kappa shape index (κ3) is 9.55. The molecule has 71 heavy (non-hydrogen) atoms. The van der Waals surface area contributed by atoms with Crippen LogP contribution in [0, 0.1) is 11.8 Å². The first-order chi connectivity index (χ1) is 34.6. The van der Waals surface area contributed by atoms with Gasteiger partial charge in [-0.05, 0) is 131 Å². The number of nitrogen functional groups attached to an aromatic ring is 1. The van der Waals surface area contributed by atoms with Gasteiger partial charge in [-0.15, -0.1) is 0 Å². The number of benzene rings is 3. The van der Waals surface area contributed by atoms with E-state index in [-0.39, 0.29) is 30.8 Å². The Morgan fingerprint density at radius 1 is 0.704 bits per heavy atom. The van der Waals surface area contributed by atoms with E-state index in [9.17, 15) is 24.0 Å². The average molecular weight is 962 g/mol. The van der Waals surface area contributed by atoms with Gasteiger partial charge in [0, 0.05) is 69.5 Å². The van der Waals surface area contributed by atoms with Crippen molar-refractivity contribution in [3.05, 3.63) is 90.3 Å². The maximum Gasteiger partial charge on any atom is 0.319 e. The van der Waals surface area contributed by atoms with Crippen molar-refractivity contribution in [3.8, 4) is 22.8 Å². The molecule has 6 amide bonds. The largest absolute Gasteiger partial charge is 0.457 e. The molecule has 6 aliphatic heterocycles. The zero-order chi connectivity index (χ0) is 48.6. The van der Waals surface area contributed by atoms with Gasteiger partial charge in [-0.2, -0.15) is 5.10 Å². The molecule has 3 aromatic carbocycles. The fourth-order valence-electron chi connectivity index (χ4n) is 12.1. The van der Waals surface area contributed by atoms with Crippen LogP contribution in [0.25, 0.3) is 22.3 Å². The van der Waals surface area contributed by atoms with E-state index >= 15 is 0 Å². The fourth-order valence-corrected chi connectivity index (χ4v) is 12.1. The van der Waals surface area contributed by atoms with E-state index in [1.165, 1.54) is 25.6 Å². The Morgan fingerprint density at radius 2 is 1.38 bits per heavy atom. The van der Waals surface area contributed by atoms with Crippen molar-refractivity contribution in [2.75, 3.05) is 63.0 Å². The molecule has 0 bridgehead atoms. The number of nitrogens with two attached hydrogens (primary N) is 1. The summed E-state index contributed by atoms with van der Waals surface area (Å²) in [5.74, 6) is 1.31. The number of nitrogens with one attached hydrogen (secondary N) is 1. The number of urea groups is 1. The summed E-state index contributed by atoms with van der Waals surface area (Å²) < 4.78 is 8.12. The Labute approximate surface area is 413 Å². The van der Waals surface area contributed by atoms with Crippen LogP contribution in [0.1, 0.15) is 110 Å². The van der Waals surface area contributed by atoms with E-state index in [1.54, 1.807) is 12.1 Å². The molecule has 3 N–H and O–H groups in total. The molecule has 1 unspecified atom stereocenters. The lowest BCUT2D eigenvalue weighted by molar-refractivity contribution is -0.136. The second kappa shape index (κ2) is 20.1. The van der Waals surface area contributed by atoms with Gasteiger partial charge in [0.25, 0.3) is 11.8 Å². The van der Waals surface area contributed by atoms with E-state index in [4.69, 9.17) is 20.6 Å². The molecule has 6 aliphatic rings. The van der Waals surface area contributed by atoms with Crippen LogP contribution >= 0.6 is 0 Å². The molecule has 370 valence electrons. The average Bonchev–Trinajstić information content (AvgIpc) is 3.92. The Balaban J connectivity index is 0.611. The topological polar surface area (TPSA) is 192 Å². The Kier molecular flexibility index (Phi) is 13.2. The predicted octanol–water partition coefficient (Wildman–Crippen LogP) is 7.29. The van der Waals surface area contributed by atoms with Gasteiger partial charge in [0.2, 0.25) is 11.8 Å². The summed E-state index contributed by atoms with van der Waals surface area (Å²) in [6.07, 6.45) is 13.6. The zero-order valence-electron chi connectivity index (χ0n) is 40.3. The van der Waals surface area contributed by atoms with Crippen molar-refractivity contribution in [2.24, 2.45) is 11.8 Å². The molecule has 17 nitrogen and oxygen atoms in total. The number of imide groups is 2. The first-order valence-corrected chi connectivity index (χ1v) is 25.9. The summed E-state index contributed by atoms with van der Waals surface area (Å²) in [7, 11) is 0. The number of aromatic nitrogens is 4. The second-order valence-corrected chi connectivity index (χ2v) is 20.5. The van der Waals surface area contributed by atoms with Crippen LogP contribution in [0.4, 0.5) is 16.3 Å². The van der Waals surface area contributed by atoms with Gasteiger partial charge >= 0.3 is 6.03 Å². The van der Waals surface area contributed by atoms with Gasteiger partial charge in [0.15, 0.2) is 5.65 Å². The van der Waals surface area contributed by atoms with Crippen LogP contribution in [0.15, 0.2) is 79.1 Å². The van der Waals surface area contributed by atoms with E-state index in [0.29, 0.717) is 34.8 Å². The quantitative estimate of drug-likeness (QED) is 0.126. The lowest BCUT2D eigenvalue weighted by atomic mass is 9.86. The summed E-state index contributed by atoms with van der Waals surface area (Å²) in [4.78, 5) is 83.7. The molecule has 5 saturated heterocycles. The molecule has 5 fully saturated rings. The van der Waals surface area contributed by atoms with Crippen LogP contribution in [-0.4, -0.2) is 133 Å². The normalized spacial score (nSPS) is 22.1. The van der Waals surface area contributed by atoms with Crippen molar-refractivity contribution in [3.63, 3.8) is 0 Å². The number of hydrogen-bond acceptors (Lipinski definition) is 12. The highest BCUT2D eigenvalue weighted by Crippen LogP contribution is 2.37. The summed E-state index contributed by atoms with van der Waals surface area (Å²) >= 11 is 0. The fraction of sp³-hybridized carbons (Fsp3) is 0.481. The second-order valence-electron chi connectivity index (χ2n) is 20.5. The minimum absolute atomic E-state index is 0.0990. The molecule has 2 atom stereocenters. The van der Waals surface area contributed by atoms with Crippen molar-refractivity contribution < 1.29 is 28.7 Å². The highest BCUT2D eigenvalue weighted by Gasteiger charge is 2.45. The number of anilines is 2. The van der Waals surface area contributed by atoms with E-state index in [2.05, 4.69) is 34.6 Å². The molecule has 5 aromatic rings. The predicted molar refractivity (Wildman–Crippen MR) is 268 cm³/mol. The molecule has 0 saturated carbocycles. The number of nitrogens with zero attached hydrogens (tertiary/aromatic N) is 9. The van der Waals surface area contributed by atoms with Crippen LogP contribution in [0.3, 0.4) is 0 Å². The SMILES string of the molecule is Nc1ncnc2c1c(-c1ccc(Oc3ccccc3)cc1)nn2[C@@H]1CCCN(C2CCN(C(=O)N3CCC(CCCC4CCN(c5ccc6c(c5)C(=O)N(C5CCC(=O)NC5=O)C6=O)CC4)CC3)CC2)C1. The van der Waals surface area contributed by atoms with E-state index < -0.39 is 23.8 Å². The highest BCUT2D eigenvalue weighted by molar-refractivity contribution is 6.23. The van der Waals surface area contributed by atoms with Crippen LogP contribution in [0.5, 0.6) is 11.5 Å². The van der Waals surface area contributed by atoms with Gasteiger partial charge in [0.05, 0.1) is 22.6 Å². The Morgan fingerprint density at radius 3 is 2.10 bits per heavy atom. The van der Waals surface area contributed by atoms with E-state index in [1.807, 2.05) is 60.7 Å². The zero-order valence-corrected chi connectivity index (χ0v) is 40.3. The van der Waals surface area contributed by atoms with Crippen molar-refractivity contribution >= 4 is 52.2 Å². The van der Waals surface area contributed by atoms with Gasteiger partial charge in [0.1, 0.15) is 35.4 Å². The van der Waals surface area contributed by atoms with Crippen LogP contribution < -0.4 is 20.7 Å². The number of carbonyl (C=O) groups is 5. The molecular formula is C54H63N11O6. The van der Waals surface area contributed by atoms with E-state index in [0.717, 1.165) is 148 Å². The smallest absolute Gasteiger partial charge is 0.319 e. The third-order valence-electron chi connectivity index (χ3n) is 16.2. The first-order valence-electron chi connectivity index (χ1n) is 25.9. The van der Waals surface area contributed by atoms with Crippen LogP contribution in [-0.2, 0) is 9.59 Å². The number of para-hydroxylation sites is 1. The number of hydrogen-bond donors (Lipinski definition) is 2. The number of rotatable bonds is 11. The lowest BCUT2D eigenvalue weighted by Crippen LogP contribution is -2.54. The minimum atomic E-state index is -0.964. The Bertz CT molecular complexity index is 2800. The molecule has 0 radical (unpaired) electrons. The number of ether oxygens (including phenoxy) is 1. The minimum Gasteiger partial charge on any atom is -0.457 e. The number of amides is 6. The molecule has 2 aromatic heterocycles. The molecular weight excluding hydrogens is 899 g/mol. The molecule has 0 aliphatic carbocycles. The monoisotopic (exact) mass is 961 g/mol. The molecule has 11 rings (SSSR count). The summed E-state index contributed by atoms with van der Waals surface area (Å²) in [6.45, 7) is 6.89. The van der Waals surface area contributed by atoms with Gasteiger partial charge in [-0.1, -0.05) is 37.5 Å². The summed E-state index contributed by atoms with van der Waals surface area (Å²) in [6, 6.07) is 22.8. The maximum atomic E-state index is 13.8. The van der Waals surface area contributed by atoms with Crippen molar-refractivity contribution in [1.29, 1.82) is 0 Å². The summed E-state index contributed by atoms with van der Waals surface area (Å²) in [5, 5.41) is 8.21.